The Morgan fingerprint density at radius 1 is 1.15 bits per heavy atom. The summed E-state index contributed by atoms with van der Waals surface area (Å²) in [5.41, 5.74) is 5.01. The van der Waals surface area contributed by atoms with Crippen LogP contribution in [0.4, 0.5) is 0 Å². The highest BCUT2D eigenvalue weighted by Gasteiger charge is 2.29. The molecule has 0 spiro atoms. The molecule has 0 unspecified atom stereocenters. The summed E-state index contributed by atoms with van der Waals surface area (Å²) in [6.45, 7) is 0. The van der Waals surface area contributed by atoms with Gasteiger partial charge in [0.1, 0.15) is 5.75 Å². The standard InChI is InChI=1S/C18H20N2O5S/c1-25-16-10-14-5-3-2-4-13(14)9-15(16)18(22)20-19-17(21)8-12-6-7-26(23,24)11-12/h2-5,9-10,12H,6-8,11H2,1H3,(H,19,21)(H,20,22)/t12-/m0/s1. The molecule has 1 aliphatic rings. The number of sulfone groups is 1. The lowest BCUT2D eigenvalue weighted by molar-refractivity contribution is -0.122. The van der Waals surface area contributed by atoms with Crippen molar-refractivity contribution in [3.63, 3.8) is 0 Å². The number of nitrogens with one attached hydrogen (secondary N) is 2. The highest BCUT2D eigenvalue weighted by Crippen LogP contribution is 2.26. The molecule has 0 radical (unpaired) electrons. The summed E-state index contributed by atoms with van der Waals surface area (Å²) in [4.78, 5) is 24.4. The van der Waals surface area contributed by atoms with Gasteiger partial charge in [-0.3, -0.25) is 20.4 Å². The van der Waals surface area contributed by atoms with Crippen LogP contribution in [0, 0.1) is 5.92 Å². The van der Waals surface area contributed by atoms with Crippen LogP contribution >= 0.6 is 0 Å². The fourth-order valence-corrected chi connectivity index (χ4v) is 4.97. The van der Waals surface area contributed by atoms with Gasteiger partial charge in [0.15, 0.2) is 9.84 Å². The Morgan fingerprint density at radius 3 is 2.46 bits per heavy atom. The van der Waals surface area contributed by atoms with Crippen LogP contribution in [-0.2, 0) is 14.6 Å². The molecular formula is C18H20N2O5S. The van der Waals surface area contributed by atoms with Crippen LogP contribution in [0.1, 0.15) is 23.2 Å². The summed E-state index contributed by atoms with van der Waals surface area (Å²) < 4.78 is 28.1. The van der Waals surface area contributed by atoms with Crippen LogP contribution in [-0.4, -0.2) is 38.8 Å². The molecule has 138 valence electrons. The van der Waals surface area contributed by atoms with Crippen molar-refractivity contribution in [3.05, 3.63) is 42.0 Å². The first kappa shape index (κ1) is 18.2. The number of hydrazine groups is 1. The van der Waals surface area contributed by atoms with Gasteiger partial charge >= 0.3 is 0 Å². The zero-order chi connectivity index (χ0) is 18.7. The highest BCUT2D eigenvalue weighted by molar-refractivity contribution is 7.91. The second kappa shape index (κ2) is 7.33. The van der Waals surface area contributed by atoms with E-state index in [2.05, 4.69) is 10.9 Å². The largest absolute Gasteiger partial charge is 0.496 e. The molecule has 2 amide bonds. The predicted octanol–water partition coefficient (Wildman–Crippen LogP) is 1.43. The minimum Gasteiger partial charge on any atom is -0.496 e. The normalized spacial score (nSPS) is 18.4. The molecule has 0 saturated carbocycles. The first-order valence-corrected chi connectivity index (χ1v) is 10.1. The molecule has 3 rings (SSSR count). The monoisotopic (exact) mass is 376 g/mol. The van der Waals surface area contributed by atoms with E-state index in [0.29, 0.717) is 17.7 Å². The minimum atomic E-state index is -3.03. The third-order valence-electron chi connectivity index (χ3n) is 4.43. The summed E-state index contributed by atoms with van der Waals surface area (Å²) in [5.74, 6) is -0.581. The molecule has 26 heavy (non-hydrogen) atoms. The van der Waals surface area contributed by atoms with Gasteiger partial charge in [-0.15, -0.1) is 0 Å². The fraction of sp³-hybridized carbons (Fsp3) is 0.333. The fourth-order valence-electron chi connectivity index (χ4n) is 3.11. The minimum absolute atomic E-state index is 0.0207. The SMILES string of the molecule is COc1cc2ccccc2cc1C(=O)NNC(=O)C[C@@H]1CCS(=O)(=O)C1. The number of benzene rings is 2. The third kappa shape index (κ3) is 4.13. The first-order valence-electron chi connectivity index (χ1n) is 8.24. The number of carbonyl (C=O) groups excluding carboxylic acids is 2. The first-order chi connectivity index (χ1) is 12.4. The number of hydrogen-bond acceptors (Lipinski definition) is 5. The summed E-state index contributed by atoms with van der Waals surface area (Å²) in [6.07, 6.45) is 0.538. The van der Waals surface area contributed by atoms with Crippen molar-refractivity contribution in [2.45, 2.75) is 12.8 Å². The van der Waals surface area contributed by atoms with Crippen LogP contribution in [0.15, 0.2) is 36.4 Å². The Kier molecular flexibility index (Phi) is 5.13. The van der Waals surface area contributed by atoms with Gasteiger partial charge in [0.2, 0.25) is 5.91 Å². The van der Waals surface area contributed by atoms with Crippen molar-refractivity contribution in [1.29, 1.82) is 0 Å². The molecule has 0 aromatic heterocycles. The van der Waals surface area contributed by atoms with Gasteiger partial charge in [-0.1, -0.05) is 24.3 Å². The van der Waals surface area contributed by atoms with Gasteiger partial charge in [-0.25, -0.2) is 8.42 Å². The molecule has 8 heteroatoms. The van der Waals surface area contributed by atoms with E-state index in [4.69, 9.17) is 4.74 Å². The van der Waals surface area contributed by atoms with Crippen molar-refractivity contribution in [2.24, 2.45) is 5.92 Å². The highest BCUT2D eigenvalue weighted by atomic mass is 32.2. The molecule has 1 saturated heterocycles. The van der Waals surface area contributed by atoms with Crippen LogP contribution in [0.3, 0.4) is 0 Å². The smallest absolute Gasteiger partial charge is 0.273 e. The maximum atomic E-state index is 12.4. The maximum absolute atomic E-state index is 12.4. The Labute approximate surface area is 151 Å². The van der Waals surface area contributed by atoms with Crippen LogP contribution in [0.2, 0.25) is 0 Å². The summed E-state index contributed by atoms with van der Waals surface area (Å²) in [6, 6.07) is 11.0. The molecule has 2 aromatic carbocycles. The van der Waals surface area contributed by atoms with Crippen LogP contribution in [0.5, 0.6) is 5.75 Å². The van der Waals surface area contributed by atoms with Gasteiger partial charge in [0.05, 0.1) is 24.2 Å². The molecular weight excluding hydrogens is 356 g/mol. The van der Waals surface area contributed by atoms with Crippen molar-refractivity contribution >= 4 is 32.4 Å². The zero-order valence-electron chi connectivity index (χ0n) is 14.3. The maximum Gasteiger partial charge on any atom is 0.273 e. The molecule has 1 heterocycles. The number of amides is 2. The van der Waals surface area contributed by atoms with Gasteiger partial charge in [-0.2, -0.15) is 0 Å². The van der Waals surface area contributed by atoms with Gasteiger partial charge in [0.25, 0.3) is 5.91 Å². The Balaban J connectivity index is 1.64. The zero-order valence-corrected chi connectivity index (χ0v) is 15.1. The lowest BCUT2D eigenvalue weighted by atomic mass is 10.1. The van der Waals surface area contributed by atoms with Crippen molar-refractivity contribution < 1.29 is 22.7 Å². The summed E-state index contributed by atoms with van der Waals surface area (Å²) >= 11 is 0. The topological polar surface area (TPSA) is 102 Å². The average Bonchev–Trinajstić information content (AvgIpc) is 2.96. The number of fused-ring (bicyclic) bond motifs is 1. The van der Waals surface area contributed by atoms with Crippen molar-refractivity contribution in [1.82, 2.24) is 10.9 Å². The summed E-state index contributed by atoms with van der Waals surface area (Å²) in [7, 11) is -1.56. The molecule has 2 aromatic rings. The second-order valence-corrected chi connectivity index (χ2v) is 8.60. The quantitative estimate of drug-likeness (QED) is 0.786. The number of ether oxygens (including phenoxy) is 1. The van der Waals surface area contributed by atoms with Gasteiger partial charge in [-0.05, 0) is 35.2 Å². The molecule has 7 nitrogen and oxygen atoms in total. The molecule has 2 N–H and O–H groups in total. The Hall–Kier alpha value is -2.61. The Bertz CT molecular complexity index is 955. The number of methoxy groups -OCH3 is 1. The lowest BCUT2D eigenvalue weighted by Gasteiger charge is -2.13. The van der Waals surface area contributed by atoms with Crippen molar-refractivity contribution in [2.75, 3.05) is 18.6 Å². The van der Waals surface area contributed by atoms with Gasteiger partial charge in [0, 0.05) is 6.42 Å². The molecule has 1 fully saturated rings. The van der Waals surface area contributed by atoms with Crippen LogP contribution < -0.4 is 15.6 Å². The molecule has 1 atom stereocenters. The third-order valence-corrected chi connectivity index (χ3v) is 6.27. The molecule has 0 aliphatic carbocycles. The predicted molar refractivity (Wildman–Crippen MR) is 97.5 cm³/mol. The number of hydrogen-bond donors (Lipinski definition) is 2. The van der Waals surface area contributed by atoms with E-state index < -0.39 is 21.7 Å². The van der Waals surface area contributed by atoms with E-state index in [-0.39, 0.29) is 23.8 Å². The molecule has 1 aliphatic heterocycles. The van der Waals surface area contributed by atoms with E-state index >= 15 is 0 Å². The second-order valence-electron chi connectivity index (χ2n) is 6.38. The van der Waals surface area contributed by atoms with Crippen LogP contribution in [0.25, 0.3) is 10.8 Å². The van der Waals surface area contributed by atoms with E-state index in [0.717, 1.165) is 10.8 Å². The number of carbonyl (C=O) groups is 2. The van der Waals surface area contributed by atoms with E-state index in [9.17, 15) is 18.0 Å². The van der Waals surface area contributed by atoms with Gasteiger partial charge < -0.3 is 4.74 Å². The number of rotatable bonds is 4. The Morgan fingerprint density at radius 2 is 1.85 bits per heavy atom. The average molecular weight is 376 g/mol. The van der Waals surface area contributed by atoms with E-state index in [1.54, 1.807) is 12.1 Å². The lowest BCUT2D eigenvalue weighted by Crippen LogP contribution is -2.42. The molecule has 0 bridgehead atoms. The van der Waals surface area contributed by atoms with E-state index in [1.807, 2.05) is 24.3 Å². The summed E-state index contributed by atoms with van der Waals surface area (Å²) in [5, 5.41) is 1.81. The van der Waals surface area contributed by atoms with E-state index in [1.165, 1.54) is 7.11 Å². The van der Waals surface area contributed by atoms with Crippen molar-refractivity contribution in [3.8, 4) is 5.75 Å².